The molecule has 134 valence electrons. The normalized spacial score (nSPS) is 55.8. The number of aliphatic hydroxyl groups is 3. The van der Waals surface area contributed by atoms with Gasteiger partial charge in [0.05, 0.1) is 6.10 Å². The van der Waals surface area contributed by atoms with Gasteiger partial charge in [-0.2, -0.15) is 0 Å². The lowest BCUT2D eigenvalue weighted by Crippen LogP contribution is -2.57. The fourth-order valence-electron chi connectivity index (χ4n) is 7.47. The molecule has 0 heterocycles. The zero-order valence-corrected chi connectivity index (χ0v) is 15.0. The van der Waals surface area contributed by atoms with Crippen LogP contribution in [0.25, 0.3) is 0 Å². The van der Waals surface area contributed by atoms with Crippen molar-refractivity contribution >= 4 is 0 Å². The maximum atomic E-state index is 10.5. The minimum absolute atomic E-state index is 0.0170. The molecule has 0 saturated heterocycles. The Labute approximate surface area is 145 Å². The maximum absolute atomic E-state index is 10.5. The number of aliphatic hydroxyl groups excluding tert-OH is 1. The molecular formula is C21H32O3. The van der Waals surface area contributed by atoms with Crippen molar-refractivity contribution in [2.45, 2.75) is 77.1 Å². The lowest BCUT2D eigenvalue weighted by atomic mass is 9.44. The molecule has 4 rings (SSSR count). The molecule has 0 aliphatic heterocycles. The van der Waals surface area contributed by atoms with E-state index in [2.05, 4.69) is 19.8 Å². The summed E-state index contributed by atoms with van der Waals surface area (Å²) in [5.41, 5.74) is -0.145. The quantitative estimate of drug-likeness (QED) is 0.472. The molecule has 0 aromatic carbocycles. The Morgan fingerprint density at radius 3 is 2.42 bits per heavy atom. The van der Waals surface area contributed by atoms with Crippen LogP contribution in [0.5, 0.6) is 0 Å². The summed E-state index contributed by atoms with van der Waals surface area (Å²) < 4.78 is 0. The first-order valence-electron chi connectivity index (χ1n) is 9.82. The highest BCUT2D eigenvalue weighted by atomic mass is 16.5. The van der Waals surface area contributed by atoms with E-state index in [1.807, 2.05) is 0 Å². The maximum Gasteiger partial charge on any atom is 0.168 e. The first-order chi connectivity index (χ1) is 11.2. The molecule has 0 aromatic rings. The van der Waals surface area contributed by atoms with Gasteiger partial charge in [-0.05, 0) is 74.0 Å². The highest BCUT2D eigenvalue weighted by Crippen LogP contribution is 2.68. The van der Waals surface area contributed by atoms with E-state index in [-0.39, 0.29) is 22.9 Å². The molecule has 4 fully saturated rings. The van der Waals surface area contributed by atoms with Crippen molar-refractivity contribution in [3.8, 4) is 12.3 Å². The van der Waals surface area contributed by atoms with Crippen molar-refractivity contribution in [3.05, 3.63) is 0 Å². The first-order valence-corrected chi connectivity index (χ1v) is 9.82. The third-order valence-electron chi connectivity index (χ3n) is 9.04. The van der Waals surface area contributed by atoms with Crippen LogP contribution in [-0.4, -0.2) is 27.2 Å². The van der Waals surface area contributed by atoms with Gasteiger partial charge in [0.1, 0.15) is 0 Å². The highest BCUT2D eigenvalue weighted by molar-refractivity contribution is 5.14. The van der Waals surface area contributed by atoms with Gasteiger partial charge in [-0.3, -0.25) is 0 Å². The minimum atomic E-state index is -1.50. The van der Waals surface area contributed by atoms with E-state index in [0.717, 1.165) is 38.5 Å². The van der Waals surface area contributed by atoms with Crippen molar-refractivity contribution in [3.63, 3.8) is 0 Å². The predicted molar refractivity (Wildman–Crippen MR) is 92.6 cm³/mol. The summed E-state index contributed by atoms with van der Waals surface area (Å²) in [6.07, 6.45) is 12.9. The summed E-state index contributed by atoms with van der Waals surface area (Å²) in [5.74, 6) is 3.52. The largest absolute Gasteiger partial charge is 0.392 e. The van der Waals surface area contributed by atoms with E-state index in [9.17, 15) is 15.3 Å². The van der Waals surface area contributed by atoms with Crippen LogP contribution < -0.4 is 0 Å². The van der Waals surface area contributed by atoms with Crippen LogP contribution in [0.3, 0.4) is 0 Å². The van der Waals surface area contributed by atoms with Gasteiger partial charge in [-0.15, -0.1) is 12.3 Å². The van der Waals surface area contributed by atoms with Crippen LogP contribution in [0.15, 0.2) is 0 Å². The molecule has 8 atom stereocenters. The van der Waals surface area contributed by atoms with E-state index in [0.29, 0.717) is 30.1 Å². The number of hydrogen-bond donors (Lipinski definition) is 3. The zero-order chi connectivity index (χ0) is 17.3. The van der Waals surface area contributed by atoms with Gasteiger partial charge in [0.2, 0.25) is 0 Å². The molecule has 0 bridgehead atoms. The fourth-order valence-corrected chi connectivity index (χ4v) is 7.47. The van der Waals surface area contributed by atoms with Gasteiger partial charge in [-0.25, -0.2) is 0 Å². The van der Waals surface area contributed by atoms with E-state index in [4.69, 9.17) is 6.42 Å². The Bertz CT molecular complexity index is 564. The van der Waals surface area contributed by atoms with Crippen molar-refractivity contribution in [2.75, 3.05) is 0 Å². The third-order valence-corrected chi connectivity index (χ3v) is 9.04. The monoisotopic (exact) mass is 332 g/mol. The Hall–Kier alpha value is -0.560. The molecule has 24 heavy (non-hydrogen) atoms. The average molecular weight is 332 g/mol. The molecular weight excluding hydrogens is 300 g/mol. The molecule has 3 heteroatoms. The smallest absolute Gasteiger partial charge is 0.168 e. The Balaban J connectivity index is 1.65. The second-order valence-electron chi connectivity index (χ2n) is 9.75. The van der Waals surface area contributed by atoms with Crippen molar-refractivity contribution < 1.29 is 15.3 Å². The summed E-state index contributed by atoms with van der Waals surface area (Å²) in [6, 6.07) is 0. The van der Waals surface area contributed by atoms with Crippen molar-refractivity contribution in [1.29, 1.82) is 0 Å². The lowest BCUT2D eigenvalue weighted by molar-refractivity contribution is -0.252. The van der Waals surface area contributed by atoms with Crippen molar-refractivity contribution in [2.24, 2.45) is 40.4 Å². The average Bonchev–Trinajstić information content (AvgIpc) is 2.77. The standard InChI is InChI=1S/C21H32O3/c1-4-13-12-19(2)14(11-18(13)22)5-6-15-16(19)7-9-20(3)17(15)8-10-21(20,23)24/h1,13-18,22-24H,5-12H2,2-3H3/t13-,14-,15+,16-,17-,18?,19-,20-/m0/s1. The van der Waals surface area contributed by atoms with Crippen LogP contribution >= 0.6 is 0 Å². The molecule has 0 aromatic heterocycles. The highest BCUT2D eigenvalue weighted by Gasteiger charge is 2.64. The topological polar surface area (TPSA) is 60.7 Å². The summed E-state index contributed by atoms with van der Waals surface area (Å²) in [6.45, 7) is 4.51. The summed E-state index contributed by atoms with van der Waals surface area (Å²) in [5, 5.41) is 31.5. The van der Waals surface area contributed by atoms with Crippen molar-refractivity contribution in [1.82, 2.24) is 0 Å². The molecule has 0 amide bonds. The van der Waals surface area contributed by atoms with Gasteiger partial charge >= 0.3 is 0 Å². The summed E-state index contributed by atoms with van der Waals surface area (Å²) in [7, 11) is 0. The van der Waals surface area contributed by atoms with Gasteiger partial charge in [0.25, 0.3) is 0 Å². The zero-order valence-electron chi connectivity index (χ0n) is 15.0. The molecule has 4 aliphatic carbocycles. The number of rotatable bonds is 0. The molecule has 4 aliphatic rings. The molecule has 0 radical (unpaired) electrons. The Morgan fingerprint density at radius 2 is 1.71 bits per heavy atom. The number of terminal acetylenes is 1. The summed E-state index contributed by atoms with van der Waals surface area (Å²) in [4.78, 5) is 0. The van der Waals surface area contributed by atoms with E-state index in [1.54, 1.807) is 0 Å². The van der Waals surface area contributed by atoms with Gasteiger partial charge < -0.3 is 15.3 Å². The van der Waals surface area contributed by atoms with Gasteiger partial charge in [-0.1, -0.05) is 13.8 Å². The number of hydrogen-bond acceptors (Lipinski definition) is 3. The SMILES string of the molecule is C#C[C@H]1C[C@@]2(C)[C@@H](CC[C@@H]3[C@@H]2CC[C@@]2(C)[C@H]3CCC2(O)O)CC1O. The third kappa shape index (κ3) is 2.03. The van der Waals surface area contributed by atoms with Crippen LogP contribution in [-0.2, 0) is 0 Å². The number of fused-ring (bicyclic) bond motifs is 5. The Morgan fingerprint density at radius 1 is 1.00 bits per heavy atom. The van der Waals surface area contributed by atoms with Crippen LogP contribution in [0.2, 0.25) is 0 Å². The van der Waals surface area contributed by atoms with E-state index in [1.165, 1.54) is 6.42 Å². The second kappa shape index (κ2) is 5.22. The molecule has 1 unspecified atom stereocenters. The molecule has 3 nitrogen and oxygen atoms in total. The van der Waals surface area contributed by atoms with Gasteiger partial charge in [0, 0.05) is 17.8 Å². The van der Waals surface area contributed by atoms with E-state index < -0.39 is 5.79 Å². The predicted octanol–water partition coefficient (Wildman–Crippen LogP) is 2.93. The second-order valence-corrected chi connectivity index (χ2v) is 9.75. The molecule has 4 saturated carbocycles. The molecule has 0 spiro atoms. The van der Waals surface area contributed by atoms with Crippen LogP contribution in [0.1, 0.15) is 65.2 Å². The first kappa shape index (κ1) is 16.9. The lowest BCUT2D eigenvalue weighted by Gasteiger charge is -2.61. The minimum Gasteiger partial charge on any atom is -0.392 e. The van der Waals surface area contributed by atoms with E-state index >= 15 is 0 Å². The summed E-state index contributed by atoms with van der Waals surface area (Å²) >= 11 is 0. The fraction of sp³-hybridized carbons (Fsp3) is 0.905. The van der Waals surface area contributed by atoms with Crippen LogP contribution in [0.4, 0.5) is 0 Å². The van der Waals surface area contributed by atoms with Crippen LogP contribution in [0, 0.1) is 52.8 Å². The Kier molecular flexibility index (Phi) is 3.67. The van der Waals surface area contributed by atoms with Gasteiger partial charge in [0.15, 0.2) is 5.79 Å². The molecule has 3 N–H and O–H groups in total.